The number of carbonyl (C=O) groups excluding carboxylic acids is 1. The molecule has 0 radical (unpaired) electrons. The molecule has 0 aromatic carbocycles. The molecule has 0 aromatic rings. The molecule has 2 aliphatic heterocycles. The summed E-state index contributed by atoms with van der Waals surface area (Å²) in [6, 6.07) is 2.97. The van der Waals surface area contributed by atoms with Gasteiger partial charge in [-0.05, 0) is 26.2 Å². The highest BCUT2D eigenvalue weighted by Gasteiger charge is 2.42. The first-order valence-corrected chi connectivity index (χ1v) is 5.64. The van der Waals surface area contributed by atoms with Gasteiger partial charge in [-0.1, -0.05) is 0 Å². The molecule has 2 aliphatic rings. The van der Waals surface area contributed by atoms with E-state index >= 15 is 0 Å². The Bertz CT molecular complexity index is 297. The van der Waals surface area contributed by atoms with Crippen molar-refractivity contribution in [2.75, 3.05) is 0 Å². The molecular formula is C11H17N3O. The number of nitriles is 1. The number of fused-ring (bicyclic) bond motifs is 2. The summed E-state index contributed by atoms with van der Waals surface area (Å²) < 4.78 is 0. The average molecular weight is 207 g/mol. The highest BCUT2D eigenvalue weighted by atomic mass is 16.2. The maximum Gasteiger partial charge on any atom is 0.224 e. The summed E-state index contributed by atoms with van der Waals surface area (Å²) in [5, 5.41) is 14.9. The quantitative estimate of drug-likeness (QED) is 0.710. The van der Waals surface area contributed by atoms with Crippen LogP contribution in [0.25, 0.3) is 0 Å². The van der Waals surface area contributed by atoms with Crippen LogP contribution in [0.3, 0.4) is 0 Å². The van der Waals surface area contributed by atoms with Crippen LogP contribution in [0, 0.1) is 17.2 Å². The average Bonchev–Trinajstić information content (AvgIpc) is 2.78. The van der Waals surface area contributed by atoms with E-state index in [0.29, 0.717) is 18.5 Å². The molecule has 0 aliphatic carbocycles. The number of amides is 1. The van der Waals surface area contributed by atoms with E-state index in [2.05, 4.69) is 16.7 Å². The fraction of sp³-hybridized carbons (Fsp3) is 0.818. The molecule has 2 heterocycles. The predicted octanol–water partition coefficient (Wildman–Crippen LogP) is 0.545. The Labute approximate surface area is 90.0 Å². The Kier molecular flexibility index (Phi) is 2.92. The van der Waals surface area contributed by atoms with Crippen molar-refractivity contribution in [3.63, 3.8) is 0 Å². The summed E-state index contributed by atoms with van der Waals surface area (Å²) >= 11 is 0. The fourth-order valence-electron chi connectivity index (χ4n) is 2.65. The van der Waals surface area contributed by atoms with E-state index < -0.39 is 0 Å². The fourth-order valence-corrected chi connectivity index (χ4v) is 2.65. The first-order chi connectivity index (χ1) is 7.20. The van der Waals surface area contributed by atoms with E-state index in [-0.39, 0.29) is 17.9 Å². The highest BCUT2D eigenvalue weighted by Crippen LogP contribution is 2.33. The van der Waals surface area contributed by atoms with Gasteiger partial charge in [-0.15, -0.1) is 0 Å². The van der Waals surface area contributed by atoms with E-state index in [1.165, 1.54) is 6.42 Å². The molecule has 4 nitrogen and oxygen atoms in total. The van der Waals surface area contributed by atoms with Crippen molar-refractivity contribution in [2.24, 2.45) is 5.92 Å². The van der Waals surface area contributed by atoms with Gasteiger partial charge in [0.2, 0.25) is 5.91 Å². The molecule has 0 spiro atoms. The van der Waals surface area contributed by atoms with Crippen molar-refractivity contribution in [2.45, 2.75) is 50.7 Å². The lowest BCUT2D eigenvalue weighted by Crippen LogP contribution is -2.41. The predicted molar refractivity (Wildman–Crippen MR) is 55.9 cm³/mol. The van der Waals surface area contributed by atoms with Crippen LogP contribution in [0.5, 0.6) is 0 Å². The zero-order valence-corrected chi connectivity index (χ0v) is 8.99. The number of hydrogen-bond donors (Lipinski definition) is 2. The van der Waals surface area contributed by atoms with Crippen LogP contribution in [0.1, 0.15) is 32.6 Å². The van der Waals surface area contributed by atoms with Gasteiger partial charge >= 0.3 is 0 Å². The van der Waals surface area contributed by atoms with Gasteiger partial charge in [0.25, 0.3) is 0 Å². The molecule has 82 valence electrons. The van der Waals surface area contributed by atoms with Gasteiger partial charge in [-0.3, -0.25) is 4.79 Å². The molecule has 0 saturated carbocycles. The SMILES string of the molecule is CC(CC#N)NC(=O)C1CC2CCC1N2. The van der Waals surface area contributed by atoms with Crippen LogP contribution >= 0.6 is 0 Å². The minimum atomic E-state index is -0.0263. The zero-order chi connectivity index (χ0) is 10.8. The molecule has 2 N–H and O–H groups in total. The van der Waals surface area contributed by atoms with Crippen molar-refractivity contribution in [1.82, 2.24) is 10.6 Å². The Morgan fingerprint density at radius 1 is 1.67 bits per heavy atom. The smallest absolute Gasteiger partial charge is 0.224 e. The molecule has 0 aromatic heterocycles. The van der Waals surface area contributed by atoms with E-state index in [0.717, 1.165) is 12.8 Å². The van der Waals surface area contributed by atoms with E-state index in [9.17, 15) is 4.79 Å². The molecule has 2 saturated heterocycles. The molecule has 2 fully saturated rings. The second-order valence-electron chi connectivity index (χ2n) is 4.66. The van der Waals surface area contributed by atoms with Crippen molar-refractivity contribution in [1.29, 1.82) is 5.26 Å². The third-order valence-corrected chi connectivity index (χ3v) is 3.42. The summed E-state index contributed by atoms with van der Waals surface area (Å²) in [7, 11) is 0. The van der Waals surface area contributed by atoms with Gasteiger partial charge in [0.05, 0.1) is 18.4 Å². The first-order valence-electron chi connectivity index (χ1n) is 5.64. The third kappa shape index (κ3) is 2.13. The number of hydrogen-bond acceptors (Lipinski definition) is 3. The van der Waals surface area contributed by atoms with Crippen LogP contribution < -0.4 is 10.6 Å². The minimum absolute atomic E-state index is 0.0263. The van der Waals surface area contributed by atoms with Gasteiger partial charge in [-0.25, -0.2) is 0 Å². The van der Waals surface area contributed by atoms with Crippen LogP contribution in [0.15, 0.2) is 0 Å². The Hall–Kier alpha value is -1.08. The summed E-state index contributed by atoms with van der Waals surface area (Å²) in [5.74, 6) is 0.252. The normalized spacial score (nSPS) is 34.8. The van der Waals surface area contributed by atoms with Crippen molar-refractivity contribution < 1.29 is 4.79 Å². The molecule has 4 heteroatoms. The summed E-state index contributed by atoms with van der Waals surface area (Å²) in [5.41, 5.74) is 0. The highest BCUT2D eigenvalue weighted by molar-refractivity contribution is 5.80. The molecule has 1 amide bonds. The van der Waals surface area contributed by atoms with Gasteiger partial charge in [0.15, 0.2) is 0 Å². The molecule has 2 rings (SSSR count). The standard InChI is InChI=1S/C11H17N3O/c1-7(4-5-12)13-11(15)9-6-8-2-3-10(9)14-8/h7-10,14H,2-4,6H2,1H3,(H,13,15). The largest absolute Gasteiger partial charge is 0.352 e. The summed E-state index contributed by atoms with van der Waals surface area (Å²) in [6.45, 7) is 1.88. The van der Waals surface area contributed by atoms with Crippen LogP contribution in [0.2, 0.25) is 0 Å². The molecule has 4 atom stereocenters. The van der Waals surface area contributed by atoms with Crippen molar-refractivity contribution in [3.05, 3.63) is 0 Å². The minimum Gasteiger partial charge on any atom is -0.352 e. The maximum absolute atomic E-state index is 11.9. The second kappa shape index (κ2) is 4.19. The van der Waals surface area contributed by atoms with Crippen molar-refractivity contribution >= 4 is 5.91 Å². The van der Waals surface area contributed by atoms with Gasteiger partial charge in [0, 0.05) is 18.1 Å². The maximum atomic E-state index is 11.9. The molecule has 4 unspecified atom stereocenters. The molecular weight excluding hydrogens is 190 g/mol. The molecule has 2 bridgehead atoms. The van der Waals surface area contributed by atoms with E-state index in [1.807, 2.05) is 6.92 Å². The monoisotopic (exact) mass is 207 g/mol. The number of nitrogens with zero attached hydrogens (tertiary/aromatic N) is 1. The van der Waals surface area contributed by atoms with Gasteiger partial charge in [0.1, 0.15) is 0 Å². The Balaban J connectivity index is 1.84. The Morgan fingerprint density at radius 3 is 3.00 bits per heavy atom. The van der Waals surface area contributed by atoms with Crippen molar-refractivity contribution in [3.8, 4) is 6.07 Å². The zero-order valence-electron chi connectivity index (χ0n) is 8.99. The summed E-state index contributed by atoms with van der Waals surface area (Å²) in [4.78, 5) is 11.9. The van der Waals surface area contributed by atoms with Crippen LogP contribution in [0.4, 0.5) is 0 Å². The third-order valence-electron chi connectivity index (χ3n) is 3.42. The first kappa shape index (κ1) is 10.4. The van der Waals surface area contributed by atoms with Crippen LogP contribution in [-0.2, 0) is 4.79 Å². The lowest BCUT2D eigenvalue weighted by Gasteiger charge is -2.21. The van der Waals surface area contributed by atoms with Gasteiger partial charge in [-0.2, -0.15) is 5.26 Å². The second-order valence-corrected chi connectivity index (χ2v) is 4.66. The molecule has 15 heavy (non-hydrogen) atoms. The number of nitrogens with one attached hydrogen (secondary N) is 2. The van der Waals surface area contributed by atoms with E-state index in [1.54, 1.807) is 0 Å². The number of carbonyl (C=O) groups is 1. The van der Waals surface area contributed by atoms with Gasteiger partial charge < -0.3 is 10.6 Å². The van der Waals surface area contributed by atoms with Crippen LogP contribution in [-0.4, -0.2) is 24.0 Å². The lowest BCUT2D eigenvalue weighted by atomic mass is 9.88. The lowest BCUT2D eigenvalue weighted by molar-refractivity contribution is -0.126. The summed E-state index contributed by atoms with van der Waals surface area (Å²) in [6.07, 6.45) is 3.69. The van der Waals surface area contributed by atoms with E-state index in [4.69, 9.17) is 5.26 Å². The number of rotatable bonds is 3. The Morgan fingerprint density at radius 2 is 2.47 bits per heavy atom. The topological polar surface area (TPSA) is 64.9 Å².